The van der Waals surface area contributed by atoms with Gasteiger partial charge in [0.15, 0.2) is 0 Å². The van der Waals surface area contributed by atoms with E-state index in [-0.39, 0.29) is 0 Å². The first-order valence-electron chi connectivity index (χ1n) is 4.00. The number of aromatic nitrogens is 2. The van der Waals surface area contributed by atoms with E-state index in [0.717, 1.165) is 18.8 Å². The molecule has 0 atom stereocenters. The van der Waals surface area contributed by atoms with Crippen LogP contribution in [-0.4, -0.2) is 22.9 Å². The van der Waals surface area contributed by atoms with Crippen molar-refractivity contribution in [3.05, 3.63) is 17.5 Å². The number of nitrogens with one attached hydrogen (secondary N) is 1. The van der Waals surface area contributed by atoms with Crippen molar-refractivity contribution in [3.63, 3.8) is 0 Å². The first kappa shape index (κ1) is 6.85. The third kappa shape index (κ3) is 1.05. The third-order valence-electron chi connectivity index (χ3n) is 2.30. The first-order valence-corrected chi connectivity index (χ1v) is 4.00. The van der Waals surface area contributed by atoms with E-state index in [2.05, 4.69) is 35.1 Å². The third-order valence-corrected chi connectivity index (χ3v) is 2.30. The highest BCUT2D eigenvalue weighted by atomic mass is 15.3. The van der Waals surface area contributed by atoms with Crippen LogP contribution in [0.1, 0.15) is 17.3 Å². The van der Waals surface area contributed by atoms with E-state index < -0.39 is 0 Å². The molecule has 1 aromatic heterocycles. The van der Waals surface area contributed by atoms with Crippen molar-refractivity contribution in [2.45, 2.75) is 19.9 Å². The van der Waals surface area contributed by atoms with Crippen LogP contribution >= 0.6 is 0 Å². The van der Waals surface area contributed by atoms with Gasteiger partial charge in [0, 0.05) is 19.3 Å². The Kier molecular flexibility index (Phi) is 1.46. The zero-order valence-corrected chi connectivity index (χ0v) is 6.96. The number of rotatable bonds is 1. The summed E-state index contributed by atoms with van der Waals surface area (Å²) in [4.78, 5) is 0. The van der Waals surface area contributed by atoms with E-state index in [1.807, 2.05) is 0 Å². The lowest BCUT2D eigenvalue weighted by atomic mass is 10.2. The molecule has 0 saturated carbocycles. The SMILES string of the molecule is Cc1cn(C2CNC2)nc1C. The molecule has 0 amide bonds. The molecule has 1 aliphatic heterocycles. The van der Waals surface area contributed by atoms with Gasteiger partial charge in [0.25, 0.3) is 0 Å². The Morgan fingerprint density at radius 1 is 1.55 bits per heavy atom. The molecule has 0 spiro atoms. The van der Waals surface area contributed by atoms with Crippen LogP contribution in [0.25, 0.3) is 0 Å². The minimum absolute atomic E-state index is 0.599. The molecule has 1 fully saturated rings. The number of aryl methyl sites for hydroxylation is 2. The highest BCUT2D eigenvalue weighted by Gasteiger charge is 2.19. The van der Waals surface area contributed by atoms with Crippen molar-refractivity contribution in [1.29, 1.82) is 0 Å². The molecule has 0 aromatic carbocycles. The second-order valence-corrected chi connectivity index (χ2v) is 3.19. The van der Waals surface area contributed by atoms with Crippen LogP contribution < -0.4 is 5.32 Å². The zero-order valence-electron chi connectivity index (χ0n) is 6.96. The highest BCUT2D eigenvalue weighted by Crippen LogP contribution is 2.13. The molecule has 3 nitrogen and oxygen atoms in total. The first-order chi connectivity index (χ1) is 5.27. The second kappa shape index (κ2) is 2.34. The molecular formula is C8H13N3. The zero-order chi connectivity index (χ0) is 7.84. The maximum atomic E-state index is 4.41. The summed E-state index contributed by atoms with van der Waals surface area (Å²) in [7, 11) is 0. The lowest BCUT2D eigenvalue weighted by molar-refractivity contribution is 0.317. The molecule has 60 valence electrons. The molecule has 0 bridgehead atoms. The lowest BCUT2D eigenvalue weighted by Crippen LogP contribution is -2.43. The number of hydrogen-bond donors (Lipinski definition) is 1. The van der Waals surface area contributed by atoms with Crippen LogP contribution in [0, 0.1) is 13.8 Å². The van der Waals surface area contributed by atoms with Gasteiger partial charge in [-0.25, -0.2) is 0 Å². The van der Waals surface area contributed by atoms with Crippen LogP contribution in [-0.2, 0) is 0 Å². The Bertz CT molecular complexity index is 241. The van der Waals surface area contributed by atoms with Crippen molar-refractivity contribution in [1.82, 2.24) is 15.1 Å². The van der Waals surface area contributed by atoms with Crippen LogP contribution in [0.3, 0.4) is 0 Å². The van der Waals surface area contributed by atoms with Crippen LogP contribution in [0.15, 0.2) is 6.20 Å². The fraction of sp³-hybridized carbons (Fsp3) is 0.625. The van der Waals surface area contributed by atoms with Crippen molar-refractivity contribution in [2.75, 3.05) is 13.1 Å². The van der Waals surface area contributed by atoms with Gasteiger partial charge in [0.05, 0.1) is 11.7 Å². The Hall–Kier alpha value is -0.830. The molecular weight excluding hydrogens is 138 g/mol. The van der Waals surface area contributed by atoms with Crippen molar-refractivity contribution in [3.8, 4) is 0 Å². The molecule has 0 radical (unpaired) electrons. The fourth-order valence-corrected chi connectivity index (χ4v) is 1.22. The van der Waals surface area contributed by atoms with E-state index in [9.17, 15) is 0 Å². The van der Waals surface area contributed by atoms with Crippen molar-refractivity contribution >= 4 is 0 Å². The minimum Gasteiger partial charge on any atom is -0.312 e. The van der Waals surface area contributed by atoms with E-state index in [1.165, 1.54) is 5.56 Å². The number of hydrogen-bond acceptors (Lipinski definition) is 2. The Morgan fingerprint density at radius 3 is 2.64 bits per heavy atom. The summed E-state index contributed by atoms with van der Waals surface area (Å²) in [6, 6.07) is 0.599. The average molecular weight is 151 g/mol. The molecule has 0 unspecified atom stereocenters. The lowest BCUT2D eigenvalue weighted by Gasteiger charge is -2.27. The summed E-state index contributed by atoms with van der Waals surface area (Å²) in [6.07, 6.45) is 2.13. The molecule has 11 heavy (non-hydrogen) atoms. The summed E-state index contributed by atoms with van der Waals surface area (Å²) >= 11 is 0. The summed E-state index contributed by atoms with van der Waals surface area (Å²) in [5.41, 5.74) is 2.44. The van der Waals surface area contributed by atoms with Crippen molar-refractivity contribution in [2.24, 2.45) is 0 Å². The summed E-state index contributed by atoms with van der Waals surface area (Å²) in [5, 5.41) is 7.64. The Labute approximate surface area is 66.4 Å². The van der Waals surface area contributed by atoms with Crippen molar-refractivity contribution < 1.29 is 0 Å². The maximum Gasteiger partial charge on any atom is 0.0767 e. The van der Waals surface area contributed by atoms with Gasteiger partial charge in [-0.3, -0.25) is 4.68 Å². The molecule has 1 aromatic rings. The fourth-order valence-electron chi connectivity index (χ4n) is 1.22. The van der Waals surface area contributed by atoms with Gasteiger partial charge in [0.1, 0.15) is 0 Å². The Morgan fingerprint density at radius 2 is 2.27 bits per heavy atom. The minimum atomic E-state index is 0.599. The molecule has 0 aliphatic carbocycles. The molecule has 2 heterocycles. The summed E-state index contributed by atoms with van der Waals surface area (Å²) < 4.78 is 2.07. The Balaban J connectivity index is 2.24. The topological polar surface area (TPSA) is 29.9 Å². The predicted molar refractivity (Wildman–Crippen MR) is 43.6 cm³/mol. The van der Waals surface area contributed by atoms with Gasteiger partial charge >= 0.3 is 0 Å². The largest absolute Gasteiger partial charge is 0.312 e. The predicted octanol–water partition coefficient (Wildman–Crippen LogP) is 0.644. The molecule has 1 saturated heterocycles. The van der Waals surface area contributed by atoms with Crippen LogP contribution in [0.4, 0.5) is 0 Å². The van der Waals surface area contributed by atoms with Gasteiger partial charge in [-0.15, -0.1) is 0 Å². The monoisotopic (exact) mass is 151 g/mol. The average Bonchev–Trinajstić information content (AvgIpc) is 2.08. The standard InChI is InChI=1S/C8H13N3/c1-6-5-11(10-7(6)2)8-3-9-4-8/h5,8-9H,3-4H2,1-2H3. The van der Waals surface area contributed by atoms with E-state index in [1.54, 1.807) is 0 Å². The maximum absolute atomic E-state index is 4.41. The van der Waals surface area contributed by atoms with Gasteiger partial charge in [-0.2, -0.15) is 5.10 Å². The molecule has 1 N–H and O–H groups in total. The smallest absolute Gasteiger partial charge is 0.0767 e. The molecule has 1 aliphatic rings. The van der Waals surface area contributed by atoms with E-state index in [4.69, 9.17) is 0 Å². The summed E-state index contributed by atoms with van der Waals surface area (Å²) in [5.74, 6) is 0. The van der Waals surface area contributed by atoms with Gasteiger partial charge in [-0.05, 0) is 19.4 Å². The summed E-state index contributed by atoms with van der Waals surface area (Å²) in [6.45, 7) is 6.30. The van der Waals surface area contributed by atoms with E-state index >= 15 is 0 Å². The van der Waals surface area contributed by atoms with E-state index in [0.29, 0.717) is 6.04 Å². The normalized spacial score (nSPS) is 18.4. The quantitative estimate of drug-likeness (QED) is 0.638. The highest BCUT2D eigenvalue weighted by molar-refractivity contribution is 5.13. The van der Waals surface area contributed by atoms with Gasteiger partial charge < -0.3 is 5.32 Å². The molecule has 2 rings (SSSR count). The van der Waals surface area contributed by atoms with Gasteiger partial charge in [0.2, 0.25) is 0 Å². The van der Waals surface area contributed by atoms with Gasteiger partial charge in [-0.1, -0.05) is 0 Å². The number of nitrogens with zero attached hydrogens (tertiary/aromatic N) is 2. The van der Waals surface area contributed by atoms with Crippen LogP contribution in [0.2, 0.25) is 0 Å². The molecule has 3 heteroatoms. The second-order valence-electron chi connectivity index (χ2n) is 3.19. The van der Waals surface area contributed by atoms with Crippen LogP contribution in [0.5, 0.6) is 0 Å².